The molecular formula is C16H24N2O4S. The van der Waals surface area contributed by atoms with E-state index < -0.39 is 16.1 Å². The average Bonchev–Trinajstić information content (AvgIpc) is 2.54. The van der Waals surface area contributed by atoms with Gasteiger partial charge in [-0.1, -0.05) is 30.3 Å². The van der Waals surface area contributed by atoms with Crippen LogP contribution in [0.25, 0.3) is 0 Å². The highest BCUT2D eigenvalue weighted by Gasteiger charge is 2.28. The average molecular weight is 340 g/mol. The van der Waals surface area contributed by atoms with Crippen LogP contribution in [0, 0.1) is 5.92 Å². The van der Waals surface area contributed by atoms with Crippen LogP contribution in [-0.2, 0) is 14.8 Å². The third-order valence-electron chi connectivity index (χ3n) is 4.20. The Kier molecular flexibility index (Phi) is 6.15. The van der Waals surface area contributed by atoms with Crippen molar-refractivity contribution < 1.29 is 18.3 Å². The first kappa shape index (κ1) is 17.9. The third kappa shape index (κ3) is 5.30. The minimum atomic E-state index is -3.17. The van der Waals surface area contributed by atoms with Crippen LogP contribution in [0.15, 0.2) is 30.3 Å². The molecule has 1 aromatic carbocycles. The number of aliphatic hydroxyl groups excluding tert-OH is 1. The van der Waals surface area contributed by atoms with Crippen LogP contribution < -0.4 is 5.32 Å². The van der Waals surface area contributed by atoms with E-state index in [0.717, 1.165) is 5.56 Å². The van der Waals surface area contributed by atoms with E-state index in [1.807, 2.05) is 30.3 Å². The molecule has 23 heavy (non-hydrogen) atoms. The van der Waals surface area contributed by atoms with Gasteiger partial charge in [0.2, 0.25) is 15.9 Å². The zero-order valence-electron chi connectivity index (χ0n) is 13.3. The van der Waals surface area contributed by atoms with E-state index in [1.165, 1.54) is 10.6 Å². The number of piperidine rings is 1. The molecule has 1 saturated heterocycles. The standard InChI is InChI=1S/C16H24N2O4S/c1-23(21,22)18-11-8-14(9-12-18)16(20)17-10-7-15(19)13-5-3-2-4-6-13/h2-6,14-15,19H,7-12H2,1H3,(H,17,20). The summed E-state index contributed by atoms with van der Waals surface area (Å²) in [4.78, 5) is 12.1. The highest BCUT2D eigenvalue weighted by molar-refractivity contribution is 7.88. The van der Waals surface area contributed by atoms with Crippen LogP contribution in [0.1, 0.15) is 30.9 Å². The molecule has 1 aromatic rings. The number of benzene rings is 1. The number of nitrogens with one attached hydrogen (secondary N) is 1. The summed E-state index contributed by atoms with van der Waals surface area (Å²) >= 11 is 0. The number of nitrogens with zero attached hydrogens (tertiary/aromatic N) is 1. The molecule has 1 unspecified atom stereocenters. The van der Waals surface area contributed by atoms with E-state index in [2.05, 4.69) is 5.32 Å². The number of hydrogen-bond donors (Lipinski definition) is 2. The van der Waals surface area contributed by atoms with Gasteiger partial charge in [-0.05, 0) is 24.8 Å². The Labute approximate surface area is 137 Å². The maximum atomic E-state index is 12.1. The Morgan fingerprint density at radius 3 is 2.48 bits per heavy atom. The Balaban J connectivity index is 1.72. The van der Waals surface area contributed by atoms with Crippen molar-refractivity contribution in [3.05, 3.63) is 35.9 Å². The van der Waals surface area contributed by atoms with Gasteiger partial charge in [0, 0.05) is 25.6 Å². The minimum Gasteiger partial charge on any atom is -0.388 e. The van der Waals surface area contributed by atoms with E-state index in [-0.39, 0.29) is 11.8 Å². The maximum absolute atomic E-state index is 12.1. The molecule has 1 aliphatic heterocycles. The van der Waals surface area contributed by atoms with Gasteiger partial charge >= 0.3 is 0 Å². The molecule has 1 amide bonds. The number of carbonyl (C=O) groups excluding carboxylic acids is 1. The molecule has 0 spiro atoms. The lowest BCUT2D eigenvalue weighted by molar-refractivity contribution is -0.126. The fourth-order valence-electron chi connectivity index (χ4n) is 2.77. The highest BCUT2D eigenvalue weighted by Crippen LogP contribution is 2.20. The van der Waals surface area contributed by atoms with Crippen molar-refractivity contribution in [1.29, 1.82) is 0 Å². The number of rotatable bonds is 6. The van der Waals surface area contributed by atoms with E-state index in [9.17, 15) is 18.3 Å². The fraction of sp³-hybridized carbons (Fsp3) is 0.562. The van der Waals surface area contributed by atoms with Crippen molar-refractivity contribution in [2.45, 2.75) is 25.4 Å². The van der Waals surface area contributed by atoms with E-state index in [4.69, 9.17) is 0 Å². The molecular weight excluding hydrogens is 316 g/mol. The van der Waals surface area contributed by atoms with Gasteiger partial charge in [-0.3, -0.25) is 4.79 Å². The summed E-state index contributed by atoms with van der Waals surface area (Å²) in [5.41, 5.74) is 0.836. The van der Waals surface area contributed by atoms with Crippen molar-refractivity contribution in [3.63, 3.8) is 0 Å². The summed E-state index contributed by atoms with van der Waals surface area (Å²) in [7, 11) is -3.17. The Morgan fingerprint density at radius 1 is 1.30 bits per heavy atom. The van der Waals surface area contributed by atoms with Crippen LogP contribution in [0.5, 0.6) is 0 Å². The molecule has 0 saturated carbocycles. The van der Waals surface area contributed by atoms with Gasteiger partial charge in [0.15, 0.2) is 0 Å². The lowest BCUT2D eigenvalue weighted by Gasteiger charge is -2.29. The van der Waals surface area contributed by atoms with E-state index in [1.54, 1.807) is 0 Å². The quantitative estimate of drug-likeness (QED) is 0.805. The summed E-state index contributed by atoms with van der Waals surface area (Å²) in [5, 5.41) is 12.9. The first-order valence-corrected chi connectivity index (χ1v) is 9.68. The summed E-state index contributed by atoms with van der Waals surface area (Å²) in [6, 6.07) is 9.33. The molecule has 1 aliphatic rings. The SMILES string of the molecule is CS(=O)(=O)N1CCC(C(=O)NCCC(O)c2ccccc2)CC1. The largest absolute Gasteiger partial charge is 0.388 e. The van der Waals surface area contributed by atoms with E-state index >= 15 is 0 Å². The lowest BCUT2D eigenvalue weighted by atomic mass is 9.97. The predicted octanol–water partition coefficient (Wildman–Crippen LogP) is 0.898. The predicted molar refractivity (Wildman–Crippen MR) is 88.2 cm³/mol. The van der Waals surface area contributed by atoms with Crippen LogP contribution in [0.4, 0.5) is 0 Å². The Bertz CT molecular complexity index is 610. The summed E-state index contributed by atoms with van der Waals surface area (Å²) in [5.74, 6) is -0.208. The number of hydrogen-bond acceptors (Lipinski definition) is 4. The first-order chi connectivity index (χ1) is 10.9. The number of carbonyl (C=O) groups is 1. The van der Waals surface area contributed by atoms with Gasteiger partial charge in [0.25, 0.3) is 0 Å². The zero-order valence-corrected chi connectivity index (χ0v) is 14.1. The number of amides is 1. The van der Waals surface area contributed by atoms with Crippen molar-refractivity contribution in [2.75, 3.05) is 25.9 Å². The van der Waals surface area contributed by atoms with Crippen molar-refractivity contribution >= 4 is 15.9 Å². The Morgan fingerprint density at radius 2 is 1.91 bits per heavy atom. The zero-order chi connectivity index (χ0) is 16.9. The van der Waals surface area contributed by atoms with Gasteiger partial charge in [0.05, 0.1) is 12.4 Å². The van der Waals surface area contributed by atoms with Crippen LogP contribution in [0.3, 0.4) is 0 Å². The first-order valence-electron chi connectivity index (χ1n) is 7.84. The third-order valence-corrected chi connectivity index (χ3v) is 5.50. The molecule has 7 heteroatoms. The molecule has 0 aromatic heterocycles. The molecule has 0 aliphatic carbocycles. The number of sulfonamides is 1. The van der Waals surface area contributed by atoms with Crippen LogP contribution in [-0.4, -0.2) is 49.6 Å². The topological polar surface area (TPSA) is 86.7 Å². The summed E-state index contributed by atoms with van der Waals surface area (Å²) in [6.07, 6.45) is 2.14. The lowest BCUT2D eigenvalue weighted by Crippen LogP contribution is -2.42. The van der Waals surface area contributed by atoms with Gasteiger partial charge in [-0.15, -0.1) is 0 Å². The van der Waals surface area contributed by atoms with E-state index in [0.29, 0.717) is 38.9 Å². The monoisotopic (exact) mass is 340 g/mol. The molecule has 2 rings (SSSR count). The summed E-state index contributed by atoms with van der Waals surface area (Å²) < 4.78 is 24.3. The number of aliphatic hydroxyl groups is 1. The molecule has 0 bridgehead atoms. The Hall–Kier alpha value is -1.44. The highest BCUT2D eigenvalue weighted by atomic mass is 32.2. The van der Waals surface area contributed by atoms with Crippen LogP contribution in [0.2, 0.25) is 0 Å². The maximum Gasteiger partial charge on any atom is 0.223 e. The minimum absolute atomic E-state index is 0.0570. The van der Waals surface area contributed by atoms with Crippen LogP contribution >= 0.6 is 0 Å². The van der Waals surface area contributed by atoms with Crippen molar-refractivity contribution in [3.8, 4) is 0 Å². The fourth-order valence-corrected chi connectivity index (χ4v) is 3.64. The normalized spacial score (nSPS) is 18.5. The molecule has 1 atom stereocenters. The second-order valence-electron chi connectivity index (χ2n) is 5.94. The molecule has 1 fully saturated rings. The second-order valence-corrected chi connectivity index (χ2v) is 7.92. The second kappa shape index (κ2) is 7.90. The smallest absolute Gasteiger partial charge is 0.223 e. The molecule has 2 N–H and O–H groups in total. The molecule has 128 valence electrons. The molecule has 1 heterocycles. The van der Waals surface area contributed by atoms with Crippen molar-refractivity contribution in [2.24, 2.45) is 5.92 Å². The molecule has 0 radical (unpaired) electrons. The van der Waals surface area contributed by atoms with Gasteiger partial charge in [-0.2, -0.15) is 0 Å². The van der Waals surface area contributed by atoms with Gasteiger partial charge in [-0.25, -0.2) is 12.7 Å². The van der Waals surface area contributed by atoms with Gasteiger partial charge in [0.1, 0.15) is 0 Å². The molecule has 6 nitrogen and oxygen atoms in total. The summed E-state index contributed by atoms with van der Waals surface area (Å²) in [6.45, 7) is 1.19. The van der Waals surface area contributed by atoms with Gasteiger partial charge < -0.3 is 10.4 Å². The van der Waals surface area contributed by atoms with Crippen molar-refractivity contribution in [1.82, 2.24) is 9.62 Å².